The summed E-state index contributed by atoms with van der Waals surface area (Å²) < 4.78 is 5.89. The maximum absolute atomic E-state index is 12.7. The fourth-order valence-corrected chi connectivity index (χ4v) is 3.49. The molecule has 0 saturated heterocycles. The van der Waals surface area contributed by atoms with Crippen LogP contribution in [0.5, 0.6) is 5.75 Å². The van der Waals surface area contributed by atoms with Crippen LogP contribution in [0.3, 0.4) is 0 Å². The van der Waals surface area contributed by atoms with Crippen molar-refractivity contribution in [3.63, 3.8) is 0 Å². The van der Waals surface area contributed by atoms with Crippen molar-refractivity contribution in [2.75, 3.05) is 11.9 Å². The van der Waals surface area contributed by atoms with Crippen LogP contribution in [0.1, 0.15) is 37.5 Å². The van der Waals surface area contributed by atoms with Crippen LogP contribution < -0.4 is 5.32 Å². The Morgan fingerprint density at radius 3 is 2.34 bits per heavy atom. The number of phenols is 1. The molecule has 0 spiro atoms. The van der Waals surface area contributed by atoms with Crippen LogP contribution in [0, 0.1) is 12.3 Å². The fourth-order valence-electron chi connectivity index (χ4n) is 3.49. The van der Waals surface area contributed by atoms with Crippen molar-refractivity contribution in [3.8, 4) is 5.75 Å². The Morgan fingerprint density at radius 2 is 1.69 bits per heavy atom. The molecule has 3 N–H and O–H groups in total. The Balaban J connectivity index is 1.97. The van der Waals surface area contributed by atoms with Crippen LogP contribution in [0.2, 0.25) is 0 Å². The predicted molar refractivity (Wildman–Crippen MR) is 115 cm³/mol. The molecule has 3 aromatic rings. The summed E-state index contributed by atoms with van der Waals surface area (Å²) in [7, 11) is 0. The molecule has 0 saturated carbocycles. The quantitative estimate of drug-likeness (QED) is 0.513. The molecular formula is C24H27NO4. The number of carbonyl (C=O) groups is 1. The molecule has 0 unspecified atom stereocenters. The van der Waals surface area contributed by atoms with E-state index in [1.807, 2.05) is 69.3 Å². The summed E-state index contributed by atoms with van der Waals surface area (Å²) in [6, 6.07) is 18.3. The monoisotopic (exact) mass is 393 g/mol. The second-order valence-corrected chi connectivity index (χ2v) is 7.96. The first kappa shape index (κ1) is 20.7. The van der Waals surface area contributed by atoms with E-state index in [-0.39, 0.29) is 12.4 Å². The molecule has 1 atom stereocenters. The summed E-state index contributed by atoms with van der Waals surface area (Å²) in [4.78, 5) is 12.7. The number of amides is 1. The number of aromatic hydroxyl groups is 1. The van der Waals surface area contributed by atoms with Gasteiger partial charge >= 0.3 is 6.09 Å². The van der Waals surface area contributed by atoms with E-state index in [1.54, 1.807) is 12.1 Å². The van der Waals surface area contributed by atoms with E-state index < -0.39 is 17.6 Å². The third-order valence-corrected chi connectivity index (χ3v) is 5.21. The molecule has 0 aliphatic rings. The minimum atomic E-state index is -0.620. The summed E-state index contributed by atoms with van der Waals surface area (Å²) in [5.74, 6) is 0.173. The lowest BCUT2D eigenvalue weighted by atomic mass is 9.78. The second-order valence-electron chi connectivity index (χ2n) is 7.96. The average molecular weight is 393 g/mol. The zero-order valence-electron chi connectivity index (χ0n) is 17.0. The van der Waals surface area contributed by atoms with Gasteiger partial charge in [0.1, 0.15) is 11.9 Å². The standard InChI is InChI=1S/C24H27NO4/c1-16-8-10-17(11-9-16)25-23(28)29-22(24(2,3)14-15-26)20-12-13-21(27)19-7-5-4-6-18(19)20/h4-13,22,26-27H,14-15H2,1-3H3,(H,25,28)/t22-/m1/s1. The number of nitrogens with one attached hydrogen (secondary N) is 1. The van der Waals surface area contributed by atoms with Crippen molar-refractivity contribution in [2.45, 2.75) is 33.3 Å². The van der Waals surface area contributed by atoms with Crippen LogP contribution in [-0.4, -0.2) is 22.9 Å². The van der Waals surface area contributed by atoms with E-state index in [2.05, 4.69) is 5.32 Å². The highest BCUT2D eigenvalue weighted by atomic mass is 16.6. The van der Waals surface area contributed by atoms with E-state index in [9.17, 15) is 15.0 Å². The number of aliphatic hydroxyl groups excluding tert-OH is 1. The smallest absolute Gasteiger partial charge is 0.412 e. The molecule has 0 radical (unpaired) electrons. The summed E-state index contributed by atoms with van der Waals surface area (Å²) in [6.07, 6.45) is -0.738. The van der Waals surface area contributed by atoms with Crippen molar-refractivity contribution < 1.29 is 19.7 Å². The Bertz CT molecular complexity index is 995. The molecule has 29 heavy (non-hydrogen) atoms. The van der Waals surface area contributed by atoms with E-state index in [0.717, 1.165) is 16.5 Å². The molecule has 0 aliphatic heterocycles. The summed E-state index contributed by atoms with van der Waals surface area (Å²) >= 11 is 0. The molecule has 0 aliphatic carbocycles. The first-order valence-electron chi connectivity index (χ1n) is 9.67. The number of ether oxygens (including phenoxy) is 1. The number of hydrogen-bond donors (Lipinski definition) is 3. The predicted octanol–water partition coefficient (Wildman–Crippen LogP) is 5.55. The number of rotatable bonds is 6. The lowest BCUT2D eigenvalue weighted by molar-refractivity contribution is 0.0161. The first-order chi connectivity index (χ1) is 13.8. The van der Waals surface area contributed by atoms with Gasteiger partial charge in [-0.05, 0) is 36.9 Å². The van der Waals surface area contributed by atoms with Gasteiger partial charge in [-0.15, -0.1) is 0 Å². The fraction of sp³-hybridized carbons (Fsp3) is 0.292. The highest BCUT2D eigenvalue weighted by molar-refractivity contribution is 5.91. The van der Waals surface area contributed by atoms with Gasteiger partial charge in [-0.25, -0.2) is 4.79 Å². The van der Waals surface area contributed by atoms with Gasteiger partial charge in [-0.3, -0.25) is 5.32 Å². The number of carbonyl (C=O) groups excluding carboxylic acids is 1. The van der Waals surface area contributed by atoms with Crippen LogP contribution in [-0.2, 0) is 4.74 Å². The van der Waals surface area contributed by atoms with Crippen LogP contribution in [0.15, 0.2) is 60.7 Å². The maximum Gasteiger partial charge on any atom is 0.412 e. The molecular weight excluding hydrogens is 366 g/mol. The summed E-state index contributed by atoms with van der Waals surface area (Å²) in [6.45, 7) is 5.86. The Labute approximate surface area is 171 Å². The second kappa shape index (κ2) is 8.53. The number of benzene rings is 3. The summed E-state index contributed by atoms with van der Waals surface area (Å²) in [5.41, 5.74) is 2.01. The molecule has 3 rings (SSSR count). The van der Waals surface area contributed by atoms with Gasteiger partial charge in [0.25, 0.3) is 0 Å². The molecule has 0 bridgehead atoms. The molecule has 1 amide bonds. The van der Waals surface area contributed by atoms with Crippen molar-refractivity contribution in [1.29, 1.82) is 0 Å². The zero-order valence-corrected chi connectivity index (χ0v) is 17.0. The Hall–Kier alpha value is -3.05. The lowest BCUT2D eigenvalue weighted by Crippen LogP contribution is -2.30. The SMILES string of the molecule is Cc1ccc(NC(=O)O[C@H](c2ccc(O)c3ccccc23)C(C)(C)CCO)cc1. The van der Waals surface area contributed by atoms with Crippen molar-refractivity contribution in [1.82, 2.24) is 0 Å². The van der Waals surface area contributed by atoms with Gasteiger partial charge in [0.2, 0.25) is 0 Å². The van der Waals surface area contributed by atoms with Crippen molar-refractivity contribution in [3.05, 3.63) is 71.8 Å². The van der Waals surface area contributed by atoms with E-state index in [0.29, 0.717) is 17.5 Å². The van der Waals surface area contributed by atoms with Crippen molar-refractivity contribution >= 4 is 22.6 Å². The largest absolute Gasteiger partial charge is 0.507 e. The number of anilines is 1. The minimum Gasteiger partial charge on any atom is -0.507 e. The van der Waals surface area contributed by atoms with Gasteiger partial charge in [0, 0.05) is 28.7 Å². The van der Waals surface area contributed by atoms with Crippen LogP contribution >= 0.6 is 0 Å². The van der Waals surface area contributed by atoms with Gasteiger partial charge < -0.3 is 14.9 Å². The molecule has 0 heterocycles. The number of aryl methyl sites for hydroxylation is 1. The zero-order chi connectivity index (χ0) is 21.0. The normalized spacial score (nSPS) is 12.6. The third-order valence-electron chi connectivity index (χ3n) is 5.21. The molecule has 152 valence electrons. The lowest BCUT2D eigenvalue weighted by Gasteiger charge is -2.34. The van der Waals surface area contributed by atoms with Crippen LogP contribution in [0.25, 0.3) is 10.8 Å². The summed E-state index contributed by atoms with van der Waals surface area (Å²) in [5, 5.41) is 24.1. The number of phenolic OH excluding ortho intramolecular Hbond substituents is 1. The molecule has 3 aromatic carbocycles. The molecule has 0 aromatic heterocycles. The highest BCUT2D eigenvalue weighted by Gasteiger charge is 2.35. The van der Waals surface area contributed by atoms with Crippen molar-refractivity contribution in [2.24, 2.45) is 5.41 Å². The molecule has 5 nitrogen and oxygen atoms in total. The highest BCUT2D eigenvalue weighted by Crippen LogP contribution is 2.43. The average Bonchev–Trinajstić information content (AvgIpc) is 2.69. The minimum absolute atomic E-state index is 0.0253. The third kappa shape index (κ3) is 4.69. The van der Waals surface area contributed by atoms with Crippen LogP contribution in [0.4, 0.5) is 10.5 Å². The van der Waals surface area contributed by atoms with Gasteiger partial charge in [0.15, 0.2) is 0 Å². The number of fused-ring (bicyclic) bond motifs is 1. The number of hydrogen-bond acceptors (Lipinski definition) is 4. The first-order valence-corrected chi connectivity index (χ1v) is 9.67. The van der Waals surface area contributed by atoms with E-state index >= 15 is 0 Å². The molecule has 5 heteroatoms. The Kier molecular flexibility index (Phi) is 6.09. The van der Waals surface area contributed by atoms with Gasteiger partial charge in [-0.2, -0.15) is 0 Å². The van der Waals surface area contributed by atoms with E-state index in [4.69, 9.17) is 4.74 Å². The maximum atomic E-state index is 12.7. The Morgan fingerprint density at radius 1 is 1.03 bits per heavy atom. The topological polar surface area (TPSA) is 78.8 Å². The molecule has 0 fully saturated rings. The van der Waals surface area contributed by atoms with Gasteiger partial charge in [0.05, 0.1) is 0 Å². The number of aliphatic hydroxyl groups is 1. The van der Waals surface area contributed by atoms with E-state index in [1.165, 1.54) is 0 Å². The van der Waals surface area contributed by atoms with Gasteiger partial charge in [-0.1, -0.05) is 61.9 Å².